The second kappa shape index (κ2) is 18.6. The van der Waals surface area contributed by atoms with E-state index in [1.54, 1.807) is 32.2 Å². The SMILES string of the molecule is COCCCCOc1ccccc1C(=O)NCC(CC(N)[C@H](O)CC(C(=O)NCC(C)C(N)=O)C(C)C)C(C)C. The van der Waals surface area contributed by atoms with E-state index in [9.17, 15) is 19.5 Å². The van der Waals surface area contributed by atoms with Crippen molar-refractivity contribution in [3.05, 3.63) is 29.8 Å². The fraction of sp³-hybridized carbons (Fsp3) is 0.700. The van der Waals surface area contributed by atoms with Gasteiger partial charge in [-0.2, -0.15) is 0 Å². The van der Waals surface area contributed by atoms with Crippen LogP contribution in [0.2, 0.25) is 0 Å². The van der Waals surface area contributed by atoms with Gasteiger partial charge in [-0.05, 0) is 55.6 Å². The molecule has 7 N–H and O–H groups in total. The van der Waals surface area contributed by atoms with E-state index in [4.69, 9.17) is 20.9 Å². The number of hydrogen-bond acceptors (Lipinski definition) is 7. The molecule has 0 bridgehead atoms. The minimum atomic E-state index is -0.907. The number of unbranched alkanes of at least 4 members (excludes halogenated alkanes) is 1. The normalized spacial score (nSPS) is 15.2. The number of nitrogens with two attached hydrogens (primary N) is 2. The lowest BCUT2D eigenvalue weighted by atomic mass is 9.83. The average Bonchev–Trinajstić information content (AvgIpc) is 2.91. The Balaban J connectivity index is 2.72. The average molecular weight is 565 g/mol. The van der Waals surface area contributed by atoms with Gasteiger partial charge in [0.25, 0.3) is 5.91 Å². The minimum Gasteiger partial charge on any atom is -0.493 e. The largest absolute Gasteiger partial charge is 0.493 e. The Kier molecular flexibility index (Phi) is 16.4. The molecule has 0 saturated carbocycles. The van der Waals surface area contributed by atoms with Crippen LogP contribution in [0.3, 0.4) is 0 Å². The third-order valence-electron chi connectivity index (χ3n) is 7.37. The molecule has 0 saturated heterocycles. The van der Waals surface area contributed by atoms with Crippen LogP contribution in [-0.4, -0.2) is 68.4 Å². The first-order valence-electron chi connectivity index (χ1n) is 14.4. The van der Waals surface area contributed by atoms with Crippen LogP contribution >= 0.6 is 0 Å². The third kappa shape index (κ3) is 12.7. The Morgan fingerprint density at radius 2 is 1.57 bits per heavy atom. The topological polar surface area (TPSA) is 166 Å². The summed E-state index contributed by atoms with van der Waals surface area (Å²) in [7, 11) is 1.66. The number of para-hydroxylation sites is 1. The fourth-order valence-corrected chi connectivity index (χ4v) is 4.33. The number of nitrogens with one attached hydrogen (secondary N) is 2. The molecule has 0 aliphatic rings. The Labute approximate surface area is 239 Å². The van der Waals surface area contributed by atoms with Crippen LogP contribution in [0, 0.1) is 29.6 Å². The number of primary amides is 1. The van der Waals surface area contributed by atoms with Gasteiger partial charge in [0.1, 0.15) is 5.75 Å². The van der Waals surface area contributed by atoms with Crippen molar-refractivity contribution in [1.29, 1.82) is 0 Å². The number of aliphatic hydroxyl groups excluding tert-OH is 1. The number of carbonyl (C=O) groups excluding carboxylic acids is 3. The smallest absolute Gasteiger partial charge is 0.255 e. The van der Waals surface area contributed by atoms with Crippen molar-refractivity contribution in [3.63, 3.8) is 0 Å². The molecule has 0 spiro atoms. The van der Waals surface area contributed by atoms with Gasteiger partial charge < -0.3 is 36.7 Å². The van der Waals surface area contributed by atoms with Crippen LogP contribution in [-0.2, 0) is 14.3 Å². The summed E-state index contributed by atoms with van der Waals surface area (Å²) in [6.45, 7) is 11.3. The number of hydrogen-bond donors (Lipinski definition) is 5. The van der Waals surface area contributed by atoms with Crippen LogP contribution in [0.1, 0.15) is 70.7 Å². The van der Waals surface area contributed by atoms with Gasteiger partial charge in [-0.3, -0.25) is 14.4 Å². The molecule has 0 aliphatic heterocycles. The number of rotatable bonds is 20. The maximum Gasteiger partial charge on any atom is 0.255 e. The number of carbonyl (C=O) groups is 3. The number of aliphatic hydroxyl groups is 1. The van der Waals surface area contributed by atoms with Gasteiger partial charge in [0.2, 0.25) is 11.8 Å². The van der Waals surface area contributed by atoms with Gasteiger partial charge in [0, 0.05) is 38.8 Å². The van der Waals surface area contributed by atoms with E-state index in [0.29, 0.717) is 37.5 Å². The summed E-state index contributed by atoms with van der Waals surface area (Å²) in [5, 5.41) is 16.7. The van der Waals surface area contributed by atoms with Crippen LogP contribution < -0.4 is 26.8 Å². The van der Waals surface area contributed by atoms with E-state index in [1.165, 1.54) is 0 Å². The standard InChI is InChI=1S/C30H52N4O6/c1-19(2)22(18-34-29(37)23-11-7-8-12-27(23)40-14-10-9-13-39-6)15-25(31)26(35)16-24(20(3)4)30(38)33-17-21(5)28(32)36/h7-8,11-12,19-22,24-26,35H,9-10,13-18,31H2,1-6H3,(H2,32,36)(H,33,38)(H,34,37)/t21?,22?,24?,25?,26-/m1/s1. The van der Waals surface area contributed by atoms with Crippen molar-refractivity contribution in [2.45, 2.75) is 72.4 Å². The molecule has 1 rings (SSSR count). The molecule has 0 fully saturated rings. The summed E-state index contributed by atoms with van der Waals surface area (Å²) in [4.78, 5) is 37.1. The van der Waals surface area contributed by atoms with E-state index < -0.39 is 29.9 Å². The second-order valence-corrected chi connectivity index (χ2v) is 11.4. The molecular formula is C30H52N4O6. The van der Waals surface area contributed by atoms with Crippen LogP contribution in [0.4, 0.5) is 0 Å². The first-order chi connectivity index (χ1) is 18.9. The predicted molar refractivity (Wildman–Crippen MR) is 157 cm³/mol. The van der Waals surface area contributed by atoms with Crippen LogP contribution in [0.5, 0.6) is 5.75 Å². The molecule has 5 atom stereocenters. The molecule has 3 amide bonds. The highest BCUT2D eigenvalue weighted by Gasteiger charge is 2.30. The fourth-order valence-electron chi connectivity index (χ4n) is 4.33. The molecule has 1 aromatic rings. The van der Waals surface area contributed by atoms with Gasteiger partial charge in [0.15, 0.2) is 0 Å². The van der Waals surface area contributed by atoms with Crippen molar-refractivity contribution in [3.8, 4) is 5.75 Å². The number of methoxy groups -OCH3 is 1. The summed E-state index contributed by atoms with van der Waals surface area (Å²) < 4.78 is 10.9. The number of amides is 3. The van der Waals surface area contributed by atoms with Crippen LogP contribution in [0.25, 0.3) is 0 Å². The Hall–Kier alpha value is -2.69. The van der Waals surface area contributed by atoms with Gasteiger partial charge in [-0.1, -0.05) is 46.8 Å². The highest BCUT2D eigenvalue weighted by atomic mass is 16.5. The van der Waals surface area contributed by atoms with E-state index in [0.717, 1.165) is 12.8 Å². The summed E-state index contributed by atoms with van der Waals surface area (Å²) in [6, 6.07) is 6.58. The molecular weight excluding hydrogens is 512 g/mol. The third-order valence-corrected chi connectivity index (χ3v) is 7.37. The maximum absolute atomic E-state index is 13.0. The molecule has 228 valence electrons. The molecule has 0 heterocycles. The second-order valence-electron chi connectivity index (χ2n) is 11.4. The monoisotopic (exact) mass is 564 g/mol. The first-order valence-corrected chi connectivity index (χ1v) is 14.4. The lowest BCUT2D eigenvalue weighted by Gasteiger charge is -2.30. The Bertz CT molecular complexity index is 910. The quantitative estimate of drug-likeness (QED) is 0.152. The van der Waals surface area contributed by atoms with Crippen LogP contribution in [0.15, 0.2) is 24.3 Å². The molecule has 40 heavy (non-hydrogen) atoms. The summed E-state index contributed by atoms with van der Waals surface area (Å²) in [5.74, 6) is -1.18. The zero-order chi connectivity index (χ0) is 30.2. The molecule has 10 heteroatoms. The van der Waals surface area contributed by atoms with Crippen molar-refractivity contribution in [2.24, 2.45) is 41.1 Å². The van der Waals surface area contributed by atoms with Crippen molar-refractivity contribution < 1.29 is 29.0 Å². The van der Waals surface area contributed by atoms with E-state index in [-0.39, 0.29) is 42.5 Å². The van der Waals surface area contributed by atoms with Gasteiger partial charge >= 0.3 is 0 Å². The maximum atomic E-state index is 13.0. The van der Waals surface area contributed by atoms with Crippen molar-refractivity contribution >= 4 is 17.7 Å². The molecule has 1 aromatic carbocycles. The highest BCUT2D eigenvalue weighted by molar-refractivity contribution is 5.96. The van der Waals surface area contributed by atoms with E-state index in [1.807, 2.05) is 19.9 Å². The summed E-state index contributed by atoms with van der Waals surface area (Å²) in [6.07, 6.45) is 1.47. The zero-order valence-corrected chi connectivity index (χ0v) is 25.2. The Morgan fingerprint density at radius 1 is 0.925 bits per heavy atom. The minimum absolute atomic E-state index is 0.0125. The summed E-state index contributed by atoms with van der Waals surface area (Å²) >= 11 is 0. The van der Waals surface area contributed by atoms with E-state index >= 15 is 0 Å². The van der Waals surface area contributed by atoms with Gasteiger partial charge in [-0.15, -0.1) is 0 Å². The molecule has 0 aromatic heterocycles. The predicted octanol–water partition coefficient (Wildman–Crippen LogP) is 2.47. The zero-order valence-electron chi connectivity index (χ0n) is 25.2. The first kappa shape index (κ1) is 35.3. The Morgan fingerprint density at radius 3 is 2.17 bits per heavy atom. The molecule has 0 radical (unpaired) electrons. The molecule has 0 aliphatic carbocycles. The van der Waals surface area contributed by atoms with Crippen molar-refractivity contribution in [1.82, 2.24) is 10.6 Å². The van der Waals surface area contributed by atoms with E-state index in [2.05, 4.69) is 24.5 Å². The number of benzene rings is 1. The molecule has 10 nitrogen and oxygen atoms in total. The highest BCUT2D eigenvalue weighted by Crippen LogP contribution is 2.24. The lowest BCUT2D eigenvalue weighted by Crippen LogP contribution is -2.45. The lowest BCUT2D eigenvalue weighted by molar-refractivity contribution is -0.128. The van der Waals surface area contributed by atoms with Crippen molar-refractivity contribution in [2.75, 3.05) is 33.4 Å². The molecule has 4 unspecified atom stereocenters. The number of ether oxygens (including phenoxy) is 2. The van der Waals surface area contributed by atoms with Gasteiger partial charge in [0.05, 0.1) is 24.2 Å². The van der Waals surface area contributed by atoms with Gasteiger partial charge in [-0.25, -0.2) is 0 Å². The summed E-state index contributed by atoms with van der Waals surface area (Å²) in [5.41, 5.74) is 12.2.